The first-order chi connectivity index (χ1) is 5.27. The molecule has 1 rings (SSSR count). The molecule has 1 aliphatic rings. The second-order valence-electron chi connectivity index (χ2n) is 3.14. The molecule has 0 aromatic rings. The molecule has 3 nitrogen and oxygen atoms in total. The van der Waals surface area contributed by atoms with Crippen molar-refractivity contribution in [2.45, 2.75) is 31.8 Å². The molecule has 1 atom stereocenters. The smallest absolute Gasteiger partial charge is 0.0638 e. The molecule has 0 saturated carbocycles. The fraction of sp³-hybridized carbons (Fsp3) is 0.875. The number of hydrogen-bond donors (Lipinski definition) is 1. The van der Waals surface area contributed by atoms with Crippen molar-refractivity contribution in [1.82, 2.24) is 4.90 Å². The van der Waals surface area contributed by atoms with Gasteiger partial charge in [0.2, 0.25) is 0 Å². The van der Waals surface area contributed by atoms with Crippen LogP contribution >= 0.6 is 0 Å². The molecular weight excluding hydrogens is 138 g/mol. The Morgan fingerprint density at radius 3 is 2.73 bits per heavy atom. The molecule has 1 aliphatic heterocycles. The van der Waals surface area contributed by atoms with Crippen LogP contribution in [-0.4, -0.2) is 30.1 Å². The zero-order chi connectivity index (χ0) is 8.27. The number of nitrogens with zero attached hydrogens (tertiary/aromatic N) is 2. The minimum absolute atomic E-state index is 0.350. The number of rotatable bonds is 3. The van der Waals surface area contributed by atoms with Crippen molar-refractivity contribution in [3.05, 3.63) is 0 Å². The molecule has 0 aromatic carbocycles. The van der Waals surface area contributed by atoms with Gasteiger partial charge in [-0.25, -0.2) is 0 Å². The maximum Gasteiger partial charge on any atom is 0.0638 e. The second kappa shape index (κ2) is 3.70. The summed E-state index contributed by atoms with van der Waals surface area (Å²) >= 11 is 0. The van der Waals surface area contributed by atoms with Crippen LogP contribution < -0.4 is 5.73 Å². The highest BCUT2D eigenvalue weighted by atomic mass is 15.2. The summed E-state index contributed by atoms with van der Waals surface area (Å²) in [4.78, 5) is 2.29. The van der Waals surface area contributed by atoms with Crippen LogP contribution in [0.15, 0.2) is 0 Å². The van der Waals surface area contributed by atoms with Gasteiger partial charge < -0.3 is 5.73 Å². The van der Waals surface area contributed by atoms with E-state index in [1.165, 1.54) is 0 Å². The summed E-state index contributed by atoms with van der Waals surface area (Å²) in [5, 5.41) is 8.49. The predicted molar refractivity (Wildman–Crippen MR) is 43.9 cm³/mol. The maximum atomic E-state index is 8.49. The van der Waals surface area contributed by atoms with Gasteiger partial charge in [0.1, 0.15) is 0 Å². The van der Waals surface area contributed by atoms with E-state index in [1.54, 1.807) is 0 Å². The minimum atomic E-state index is 0.350. The topological polar surface area (TPSA) is 53.0 Å². The van der Waals surface area contributed by atoms with Crippen LogP contribution in [0.4, 0.5) is 0 Å². The first-order valence-corrected chi connectivity index (χ1v) is 4.14. The molecule has 0 radical (unpaired) electrons. The Morgan fingerprint density at radius 2 is 2.36 bits per heavy atom. The fourth-order valence-electron chi connectivity index (χ4n) is 1.48. The van der Waals surface area contributed by atoms with E-state index < -0.39 is 0 Å². The zero-order valence-electron chi connectivity index (χ0n) is 6.95. The Balaban J connectivity index is 2.27. The van der Waals surface area contributed by atoms with Crippen LogP contribution in [0.5, 0.6) is 0 Å². The number of nitriles is 1. The Labute approximate surface area is 67.8 Å². The second-order valence-corrected chi connectivity index (χ2v) is 3.14. The van der Waals surface area contributed by atoms with Gasteiger partial charge in [0.15, 0.2) is 0 Å². The van der Waals surface area contributed by atoms with Crippen molar-refractivity contribution >= 4 is 0 Å². The number of likely N-dealkylation sites (tertiary alicyclic amines) is 1. The number of hydrogen-bond acceptors (Lipinski definition) is 3. The van der Waals surface area contributed by atoms with Crippen molar-refractivity contribution in [2.75, 3.05) is 13.1 Å². The third-order valence-electron chi connectivity index (χ3n) is 2.25. The lowest BCUT2D eigenvalue weighted by molar-refractivity contribution is 0.0934. The van der Waals surface area contributed by atoms with Gasteiger partial charge in [-0.2, -0.15) is 5.26 Å². The molecule has 11 heavy (non-hydrogen) atoms. The molecule has 0 spiro atoms. The van der Waals surface area contributed by atoms with Crippen LogP contribution in [0.2, 0.25) is 0 Å². The molecule has 0 bridgehead atoms. The highest BCUT2D eigenvalue weighted by Gasteiger charge is 2.28. The minimum Gasteiger partial charge on any atom is -0.325 e. The standard InChI is InChI=1S/C8H15N3/c1-2-8(3-4-9)11-5-7(10)6-11/h7-8H,2-3,5-6,10H2,1H3. The van der Waals surface area contributed by atoms with Crippen LogP contribution in [-0.2, 0) is 0 Å². The van der Waals surface area contributed by atoms with Gasteiger partial charge in [-0.05, 0) is 6.42 Å². The van der Waals surface area contributed by atoms with Gasteiger partial charge in [0.05, 0.1) is 12.5 Å². The van der Waals surface area contributed by atoms with E-state index in [-0.39, 0.29) is 0 Å². The summed E-state index contributed by atoms with van der Waals surface area (Å²) in [6.07, 6.45) is 1.70. The predicted octanol–water partition coefficient (Wildman–Crippen LogP) is 0.322. The van der Waals surface area contributed by atoms with E-state index in [0.717, 1.165) is 19.5 Å². The van der Waals surface area contributed by atoms with Crippen molar-refractivity contribution < 1.29 is 0 Å². The van der Waals surface area contributed by atoms with Crippen LogP contribution in [0, 0.1) is 11.3 Å². The zero-order valence-corrected chi connectivity index (χ0v) is 6.95. The molecule has 1 heterocycles. The molecule has 0 aromatic heterocycles. The van der Waals surface area contributed by atoms with E-state index in [9.17, 15) is 0 Å². The first-order valence-electron chi connectivity index (χ1n) is 4.14. The third-order valence-corrected chi connectivity index (χ3v) is 2.25. The lowest BCUT2D eigenvalue weighted by atomic mass is 10.0. The summed E-state index contributed by atoms with van der Waals surface area (Å²) < 4.78 is 0. The highest BCUT2D eigenvalue weighted by molar-refractivity contribution is 4.91. The molecule has 62 valence electrons. The van der Waals surface area contributed by atoms with Gasteiger partial charge in [-0.3, -0.25) is 4.90 Å². The summed E-state index contributed by atoms with van der Waals surface area (Å²) in [5.74, 6) is 0. The normalized spacial score (nSPS) is 22.3. The summed E-state index contributed by atoms with van der Waals surface area (Å²) in [6, 6.07) is 2.99. The Morgan fingerprint density at radius 1 is 1.73 bits per heavy atom. The highest BCUT2D eigenvalue weighted by Crippen LogP contribution is 2.15. The van der Waals surface area contributed by atoms with Crippen LogP contribution in [0.1, 0.15) is 19.8 Å². The van der Waals surface area contributed by atoms with Crippen molar-refractivity contribution in [3.8, 4) is 6.07 Å². The van der Waals surface area contributed by atoms with Gasteiger partial charge >= 0.3 is 0 Å². The van der Waals surface area contributed by atoms with Gasteiger partial charge in [0, 0.05) is 25.2 Å². The SMILES string of the molecule is CCC(CC#N)N1CC(N)C1. The number of nitrogens with two attached hydrogens (primary N) is 1. The van der Waals surface area contributed by atoms with Crippen molar-refractivity contribution in [1.29, 1.82) is 5.26 Å². The van der Waals surface area contributed by atoms with E-state index in [0.29, 0.717) is 18.5 Å². The molecular formula is C8H15N3. The van der Waals surface area contributed by atoms with Crippen LogP contribution in [0.3, 0.4) is 0 Å². The summed E-state index contributed by atoms with van der Waals surface area (Å²) in [7, 11) is 0. The Bertz CT molecular complexity index is 155. The molecule has 0 aliphatic carbocycles. The van der Waals surface area contributed by atoms with Gasteiger partial charge in [-0.15, -0.1) is 0 Å². The van der Waals surface area contributed by atoms with E-state index >= 15 is 0 Å². The Kier molecular flexibility index (Phi) is 2.86. The molecule has 0 amide bonds. The molecule has 1 unspecified atom stereocenters. The van der Waals surface area contributed by atoms with Gasteiger partial charge in [0.25, 0.3) is 0 Å². The maximum absolute atomic E-state index is 8.49. The molecule has 1 saturated heterocycles. The third kappa shape index (κ3) is 1.92. The quantitative estimate of drug-likeness (QED) is 0.635. The lowest BCUT2D eigenvalue weighted by Gasteiger charge is -2.41. The first kappa shape index (κ1) is 8.51. The molecule has 1 fully saturated rings. The van der Waals surface area contributed by atoms with E-state index in [2.05, 4.69) is 17.9 Å². The summed E-state index contributed by atoms with van der Waals surface area (Å²) in [6.45, 7) is 4.06. The average Bonchev–Trinajstić information content (AvgIpc) is 1.95. The average molecular weight is 153 g/mol. The summed E-state index contributed by atoms with van der Waals surface area (Å²) in [5.41, 5.74) is 5.63. The molecule has 2 N–H and O–H groups in total. The Hall–Kier alpha value is -0.590. The van der Waals surface area contributed by atoms with Crippen molar-refractivity contribution in [2.24, 2.45) is 5.73 Å². The van der Waals surface area contributed by atoms with E-state index in [1.807, 2.05) is 0 Å². The monoisotopic (exact) mass is 153 g/mol. The van der Waals surface area contributed by atoms with E-state index in [4.69, 9.17) is 11.0 Å². The largest absolute Gasteiger partial charge is 0.325 e. The van der Waals surface area contributed by atoms with Gasteiger partial charge in [-0.1, -0.05) is 6.92 Å². The fourth-order valence-corrected chi connectivity index (χ4v) is 1.48. The molecule has 3 heteroatoms. The lowest BCUT2D eigenvalue weighted by Crippen LogP contribution is -2.59. The van der Waals surface area contributed by atoms with Crippen molar-refractivity contribution in [3.63, 3.8) is 0 Å². The van der Waals surface area contributed by atoms with Crippen LogP contribution in [0.25, 0.3) is 0 Å².